The average molecular weight is 285 g/mol. The number of aromatic amines is 1. The lowest BCUT2D eigenvalue weighted by molar-refractivity contribution is -0.117. The molecular weight excluding hydrogens is 273 g/mol. The summed E-state index contributed by atoms with van der Waals surface area (Å²) >= 11 is 0. The van der Waals surface area contributed by atoms with Crippen molar-refractivity contribution in [1.82, 2.24) is 19.6 Å². The molecule has 1 aliphatic rings. The summed E-state index contributed by atoms with van der Waals surface area (Å²) in [4.78, 5) is 16.0. The van der Waals surface area contributed by atoms with Crippen LogP contribution in [0.5, 0.6) is 0 Å². The number of nitrogens with zero attached hydrogens (tertiary/aromatic N) is 3. The first kappa shape index (κ1) is 12.1. The van der Waals surface area contributed by atoms with Crippen molar-refractivity contribution in [2.45, 2.75) is 12.6 Å². The van der Waals surface area contributed by atoms with E-state index in [1.807, 2.05) is 28.8 Å². The second-order valence-electron chi connectivity index (χ2n) is 5.13. The number of amides is 1. The minimum Gasteiger partial charge on any atom is -0.309 e. The first-order valence-corrected chi connectivity index (χ1v) is 6.64. The molecule has 4 rings (SSSR count). The van der Waals surface area contributed by atoms with Crippen molar-refractivity contribution in [2.24, 2.45) is 5.92 Å². The Hall–Kier alpha value is -2.70. The molecule has 0 saturated heterocycles. The lowest BCUT2D eigenvalue weighted by atomic mass is 10.2. The molecule has 0 spiro atoms. The summed E-state index contributed by atoms with van der Waals surface area (Å²) in [7, 11) is 0. The Morgan fingerprint density at radius 3 is 2.95 bits per heavy atom. The lowest BCUT2D eigenvalue weighted by Crippen LogP contribution is -2.15. The van der Waals surface area contributed by atoms with Crippen LogP contribution >= 0.6 is 0 Å². The predicted octanol–water partition coefficient (Wildman–Crippen LogP) is 2.02. The maximum Gasteiger partial charge on any atom is 0.231 e. The molecule has 0 bridgehead atoms. The van der Waals surface area contributed by atoms with Crippen LogP contribution in [-0.4, -0.2) is 31.7 Å². The molecule has 3 aromatic rings. The van der Waals surface area contributed by atoms with Crippen LogP contribution in [0.25, 0.3) is 16.9 Å². The summed E-state index contributed by atoms with van der Waals surface area (Å²) in [5.74, 6) is -0.393. The molecule has 106 valence electrons. The van der Waals surface area contributed by atoms with E-state index >= 15 is 0 Å². The number of hydrogen-bond acceptors (Lipinski definition) is 3. The van der Waals surface area contributed by atoms with Gasteiger partial charge >= 0.3 is 0 Å². The predicted molar refractivity (Wildman–Crippen MR) is 74.4 cm³/mol. The van der Waals surface area contributed by atoms with Crippen molar-refractivity contribution >= 4 is 17.4 Å². The Balaban J connectivity index is 1.62. The van der Waals surface area contributed by atoms with Gasteiger partial charge in [-0.2, -0.15) is 5.10 Å². The molecule has 3 aromatic heterocycles. The Morgan fingerprint density at radius 2 is 2.24 bits per heavy atom. The first-order valence-electron chi connectivity index (χ1n) is 6.64. The highest BCUT2D eigenvalue weighted by atomic mass is 19.1. The van der Waals surface area contributed by atoms with E-state index in [0.29, 0.717) is 17.9 Å². The fraction of sp³-hybridized carbons (Fsp3) is 0.214. The van der Waals surface area contributed by atoms with E-state index in [2.05, 4.69) is 20.5 Å². The fourth-order valence-electron chi connectivity index (χ4n) is 2.28. The van der Waals surface area contributed by atoms with Gasteiger partial charge in [-0.25, -0.2) is 9.37 Å². The molecule has 2 atom stereocenters. The second-order valence-corrected chi connectivity index (χ2v) is 5.13. The van der Waals surface area contributed by atoms with Gasteiger partial charge < -0.3 is 9.72 Å². The third-order valence-corrected chi connectivity index (χ3v) is 3.56. The van der Waals surface area contributed by atoms with Gasteiger partial charge in [0.2, 0.25) is 5.91 Å². The molecule has 1 amide bonds. The summed E-state index contributed by atoms with van der Waals surface area (Å²) in [6, 6.07) is 5.64. The highest BCUT2D eigenvalue weighted by Crippen LogP contribution is 2.34. The first-order chi connectivity index (χ1) is 10.2. The number of fused-ring (bicyclic) bond motifs is 1. The molecule has 21 heavy (non-hydrogen) atoms. The molecule has 0 aromatic carbocycles. The van der Waals surface area contributed by atoms with Crippen LogP contribution in [0.1, 0.15) is 6.42 Å². The lowest BCUT2D eigenvalue weighted by Gasteiger charge is -1.98. The zero-order chi connectivity index (χ0) is 14.4. The molecule has 0 unspecified atom stereocenters. The van der Waals surface area contributed by atoms with E-state index < -0.39 is 12.1 Å². The van der Waals surface area contributed by atoms with Crippen LogP contribution in [0, 0.1) is 5.92 Å². The van der Waals surface area contributed by atoms with Crippen molar-refractivity contribution in [2.75, 3.05) is 5.32 Å². The third-order valence-electron chi connectivity index (χ3n) is 3.56. The number of imidazole rings is 1. The molecule has 0 radical (unpaired) electrons. The molecule has 3 heterocycles. The molecule has 1 fully saturated rings. The second kappa shape index (κ2) is 4.41. The van der Waals surface area contributed by atoms with Crippen LogP contribution in [0.3, 0.4) is 0 Å². The number of aromatic nitrogens is 4. The fourth-order valence-corrected chi connectivity index (χ4v) is 2.28. The van der Waals surface area contributed by atoms with E-state index in [4.69, 9.17) is 0 Å². The molecule has 1 aliphatic carbocycles. The molecule has 0 aliphatic heterocycles. The van der Waals surface area contributed by atoms with Crippen molar-refractivity contribution in [3.05, 3.63) is 36.8 Å². The third kappa shape index (κ3) is 2.16. The zero-order valence-corrected chi connectivity index (χ0v) is 11.0. The van der Waals surface area contributed by atoms with Crippen LogP contribution in [0.15, 0.2) is 36.8 Å². The zero-order valence-electron chi connectivity index (χ0n) is 11.0. The maximum atomic E-state index is 12.8. The van der Waals surface area contributed by atoms with E-state index in [1.165, 1.54) is 0 Å². The molecule has 6 nitrogen and oxygen atoms in total. The van der Waals surface area contributed by atoms with E-state index in [-0.39, 0.29) is 5.91 Å². The van der Waals surface area contributed by atoms with Crippen LogP contribution in [-0.2, 0) is 4.79 Å². The van der Waals surface area contributed by atoms with Crippen molar-refractivity contribution in [1.29, 1.82) is 0 Å². The summed E-state index contributed by atoms with van der Waals surface area (Å²) in [6.45, 7) is 0. The van der Waals surface area contributed by atoms with Crippen molar-refractivity contribution in [3.8, 4) is 11.3 Å². The minimum absolute atomic E-state index is 0.306. The number of halogens is 1. The number of H-pyrrole nitrogens is 1. The van der Waals surface area contributed by atoms with Crippen molar-refractivity contribution < 1.29 is 9.18 Å². The monoisotopic (exact) mass is 285 g/mol. The van der Waals surface area contributed by atoms with Crippen LogP contribution in [0.2, 0.25) is 0 Å². The van der Waals surface area contributed by atoms with Crippen molar-refractivity contribution in [3.63, 3.8) is 0 Å². The van der Waals surface area contributed by atoms with Gasteiger partial charge in [-0.1, -0.05) is 0 Å². The average Bonchev–Trinajstić information content (AvgIpc) is 2.92. The topological polar surface area (TPSA) is 75.1 Å². The Bertz CT molecular complexity index is 810. The molecule has 2 N–H and O–H groups in total. The largest absolute Gasteiger partial charge is 0.309 e. The number of rotatable bonds is 3. The standard InChI is InChI=1S/C14H12FN5O/c15-10-5-9(10)14(21)18-12-7-20-6-8(1-2-13(20)17-12)11-3-4-16-19-11/h1-4,6-7,9-10H,5H2,(H,16,19)(H,18,21)/t9-,10+/m1/s1. The number of hydrogen-bond donors (Lipinski definition) is 2. The highest BCUT2D eigenvalue weighted by molar-refractivity contribution is 5.94. The molecule has 1 saturated carbocycles. The van der Waals surface area contributed by atoms with Crippen LogP contribution in [0.4, 0.5) is 10.2 Å². The minimum atomic E-state index is -1.01. The Kier molecular flexibility index (Phi) is 2.53. The summed E-state index contributed by atoms with van der Waals surface area (Å²) in [5.41, 5.74) is 2.57. The number of anilines is 1. The van der Waals surface area contributed by atoms with Gasteiger partial charge in [0.1, 0.15) is 11.8 Å². The quantitative estimate of drug-likeness (QED) is 0.773. The normalized spacial score (nSPS) is 20.6. The van der Waals surface area contributed by atoms with Gasteiger partial charge in [-0.3, -0.25) is 9.89 Å². The summed E-state index contributed by atoms with van der Waals surface area (Å²) in [6.07, 6.45) is 4.59. The van der Waals surface area contributed by atoms with E-state index in [0.717, 1.165) is 11.3 Å². The number of carbonyl (C=O) groups is 1. The SMILES string of the molecule is O=C(Nc1cn2cc(-c3ccn[nH]3)ccc2n1)[C@@H]1C[C@@H]1F. The summed E-state index contributed by atoms with van der Waals surface area (Å²) in [5, 5.41) is 9.45. The van der Waals surface area contributed by atoms with E-state index in [9.17, 15) is 9.18 Å². The van der Waals surface area contributed by atoms with Gasteiger partial charge in [-0.05, 0) is 24.6 Å². The number of alkyl halides is 1. The highest BCUT2D eigenvalue weighted by Gasteiger charge is 2.43. The summed E-state index contributed by atoms with van der Waals surface area (Å²) < 4.78 is 14.7. The van der Waals surface area contributed by atoms with Gasteiger partial charge in [0.05, 0.1) is 17.8 Å². The molecule has 7 heteroatoms. The van der Waals surface area contributed by atoms with Gasteiger partial charge in [-0.15, -0.1) is 0 Å². The smallest absolute Gasteiger partial charge is 0.231 e. The van der Waals surface area contributed by atoms with Gasteiger partial charge in [0, 0.05) is 18.0 Å². The van der Waals surface area contributed by atoms with Gasteiger partial charge in [0.15, 0.2) is 5.82 Å². The van der Waals surface area contributed by atoms with Crippen LogP contribution < -0.4 is 5.32 Å². The number of carbonyl (C=O) groups excluding carboxylic acids is 1. The molecular formula is C14H12FN5O. The maximum absolute atomic E-state index is 12.8. The number of nitrogens with one attached hydrogen (secondary N) is 2. The van der Waals surface area contributed by atoms with E-state index in [1.54, 1.807) is 12.4 Å². The Labute approximate surface area is 119 Å². The Morgan fingerprint density at radius 1 is 1.38 bits per heavy atom. The van der Waals surface area contributed by atoms with Gasteiger partial charge in [0.25, 0.3) is 0 Å². The number of pyridine rings is 1.